The van der Waals surface area contributed by atoms with Crippen LogP contribution in [0.25, 0.3) is 0 Å². The first-order chi connectivity index (χ1) is 17.4. The molecule has 194 valence electrons. The van der Waals surface area contributed by atoms with Crippen LogP contribution >= 0.6 is 0 Å². The third-order valence-corrected chi connectivity index (χ3v) is 5.92. The van der Waals surface area contributed by atoms with Gasteiger partial charge >= 0.3 is 11.9 Å². The molecular formula is C26H28FN5O5. The van der Waals surface area contributed by atoms with Gasteiger partial charge in [0, 0.05) is 19.1 Å². The van der Waals surface area contributed by atoms with Gasteiger partial charge in [0.25, 0.3) is 5.91 Å². The maximum absolute atomic E-state index is 13.5. The van der Waals surface area contributed by atoms with Crippen molar-refractivity contribution in [2.75, 3.05) is 12.3 Å². The van der Waals surface area contributed by atoms with Crippen LogP contribution < -0.4 is 11.1 Å². The summed E-state index contributed by atoms with van der Waals surface area (Å²) in [6, 6.07) is 10.4. The van der Waals surface area contributed by atoms with Crippen molar-refractivity contribution < 1.29 is 29.0 Å². The third-order valence-electron chi connectivity index (χ3n) is 5.92. The van der Waals surface area contributed by atoms with Crippen LogP contribution in [0.4, 0.5) is 10.3 Å². The van der Waals surface area contributed by atoms with Gasteiger partial charge in [-0.05, 0) is 61.2 Å². The Morgan fingerprint density at radius 3 is 2.41 bits per heavy atom. The highest BCUT2D eigenvalue weighted by molar-refractivity contribution is 5.92. The molecule has 0 aliphatic heterocycles. The van der Waals surface area contributed by atoms with Gasteiger partial charge in [-0.25, -0.2) is 19.2 Å². The number of hydrogen-bond acceptors (Lipinski definition) is 7. The van der Waals surface area contributed by atoms with Crippen molar-refractivity contribution in [3.8, 4) is 0 Å². The van der Waals surface area contributed by atoms with Gasteiger partial charge in [-0.3, -0.25) is 14.5 Å². The number of amides is 1. The van der Waals surface area contributed by atoms with Crippen LogP contribution in [0.3, 0.4) is 0 Å². The summed E-state index contributed by atoms with van der Waals surface area (Å²) < 4.78 is 13.5. The Bertz CT molecular complexity index is 1350. The van der Waals surface area contributed by atoms with Crippen LogP contribution in [0, 0.1) is 19.7 Å². The summed E-state index contributed by atoms with van der Waals surface area (Å²) in [4.78, 5) is 45.4. The summed E-state index contributed by atoms with van der Waals surface area (Å²) in [5, 5.41) is 21.5. The zero-order valence-corrected chi connectivity index (χ0v) is 20.7. The lowest BCUT2D eigenvalue weighted by molar-refractivity contribution is -0.139. The molecule has 0 radical (unpaired) electrons. The van der Waals surface area contributed by atoms with Crippen molar-refractivity contribution in [1.82, 2.24) is 20.2 Å². The number of aryl methyl sites for hydroxylation is 2. The number of halogens is 1. The molecule has 37 heavy (non-hydrogen) atoms. The summed E-state index contributed by atoms with van der Waals surface area (Å²) in [6.07, 6.45) is 0. The van der Waals surface area contributed by atoms with Gasteiger partial charge < -0.3 is 21.3 Å². The Morgan fingerprint density at radius 1 is 1.05 bits per heavy atom. The highest BCUT2D eigenvalue weighted by Gasteiger charge is 2.22. The number of nitrogen functional groups attached to an aromatic ring is 1. The van der Waals surface area contributed by atoms with Crippen LogP contribution in [-0.2, 0) is 17.9 Å². The molecule has 0 saturated heterocycles. The van der Waals surface area contributed by atoms with Crippen molar-refractivity contribution >= 4 is 23.8 Å². The molecule has 10 nitrogen and oxygen atoms in total. The van der Waals surface area contributed by atoms with Gasteiger partial charge in [0.15, 0.2) is 0 Å². The number of rotatable bonds is 10. The van der Waals surface area contributed by atoms with Crippen molar-refractivity contribution in [3.05, 3.63) is 87.5 Å². The van der Waals surface area contributed by atoms with Gasteiger partial charge in [0.05, 0.1) is 17.8 Å². The summed E-state index contributed by atoms with van der Waals surface area (Å²) in [5.41, 5.74) is 8.78. The van der Waals surface area contributed by atoms with Crippen LogP contribution in [-0.4, -0.2) is 49.5 Å². The molecular weight excluding hydrogens is 481 g/mol. The maximum Gasteiger partial charge on any atom is 0.335 e. The fourth-order valence-electron chi connectivity index (χ4n) is 3.91. The SMILES string of the molecule is Cc1cc(CNC(=O)c2cc(CN(CC(=O)O)[C@@H](C)c3ccc(C(=O)O)c(C)c3)nc(N)n2)ccc1F. The summed E-state index contributed by atoms with van der Waals surface area (Å²) in [5.74, 6) is -3.12. The van der Waals surface area contributed by atoms with E-state index in [0.717, 1.165) is 5.56 Å². The number of aromatic nitrogens is 2. The van der Waals surface area contributed by atoms with Crippen molar-refractivity contribution in [2.45, 2.75) is 39.9 Å². The lowest BCUT2D eigenvalue weighted by Gasteiger charge is -2.28. The molecule has 0 aliphatic rings. The minimum Gasteiger partial charge on any atom is -0.480 e. The zero-order chi connectivity index (χ0) is 27.3. The van der Waals surface area contributed by atoms with Gasteiger partial charge in [0.2, 0.25) is 5.95 Å². The molecule has 0 bridgehead atoms. The molecule has 11 heteroatoms. The van der Waals surface area contributed by atoms with Crippen LogP contribution in [0.5, 0.6) is 0 Å². The summed E-state index contributed by atoms with van der Waals surface area (Å²) in [6.45, 7) is 4.94. The van der Waals surface area contributed by atoms with Crippen LogP contribution in [0.1, 0.15) is 61.8 Å². The number of carboxylic acids is 2. The monoisotopic (exact) mass is 509 g/mol. The van der Waals surface area contributed by atoms with Crippen molar-refractivity contribution in [2.24, 2.45) is 0 Å². The molecule has 1 amide bonds. The molecule has 0 unspecified atom stereocenters. The van der Waals surface area contributed by atoms with E-state index in [2.05, 4.69) is 15.3 Å². The van der Waals surface area contributed by atoms with E-state index >= 15 is 0 Å². The van der Waals surface area contributed by atoms with Crippen LogP contribution in [0.2, 0.25) is 0 Å². The second-order valence-corrected chi connectivity index (χ2v) is 8.72. The maximum atomic E-state index is 13.5. The zero-order valence-electron chi connectivity index (χ0n) is 20.7. The Balaban J connectivity index is 1.80. The predicted octanol–water partition coefficient (Wildman–Crippen LogP) is 3.09. The minimum atomic E-state index is -1.07. The number of anilines is 1. The summed E-state index contributed by atoms with van der Waals surface area (Å²) in [7, 11) is 0. The van der Waals surface area contributed by atoms with Gasteiger partial charge in [-0.15, -0.1) is 0 Å². The second kappa shape index (κ2) is 11.6. The number of aromatic carboxylic acids is 1. The Labute approximate surface area is 213 Å². The Morgan fingerprint density at radius 2 is 1.78 bits per heavy atom. The Hall–Kier alpha value is -4.38. The normalized spacial score (nSPS) is 11.8. The quantitative estimate of drug-likeness (QED) is 0.322. The summed E-state index contributed by atoms with van der Waals surface area (Å²) >= 11 is 0. The number of aliphatic carboxylic acids is 1. The van der Waals surface area contributed by atoms with E-state index in [1.54, 1.807) is 49.9 Å². The predicted molar refractivity (Wildman–Crippen MR) is 133 cm³/mol. The van der Waals surface area contributed by atoms with Gasteiger partial charge in [-0.2, -0.15) is 0 Å². The van der Waals surface area contributed by atoms with E-state index < -0.39 is 23.9 Å². The third kappa shape index (κ3) is 7.07. The molecule has 1 aromatic heterocycles. The largest absolute Gasteiger partial charge is 0.480 e. The van der Waals surface area contributed by atoms with Crippen molar-refractivity contribution in [1.29, 1.82) is 0 Å². The first-order valence-electron chi connectivity index (χ1n) is 11.4. The number of nitrogens with one attached hydrogen (secondary N) is 1. The average molecular weight is 510 g/mol. The smallest absolute Gasteiger partial charge is 0.335 e. The highest BCUT2D eigenvalue weighted by atomic mass is 19.1. The van der Waals surface area contributed by atoms with E-state index in [0.29, 0.717) is 22.4 Å². The van der Waals surface area contributed by atoms with Crippen LogP contribution in [0.15, 0.2) is 42.5 Å². The Kier molecular flexibility index (Phi) is 8.51. The number of nitrogens with zero attached hydrogens (tertiary/aromatic N) is 3. The molecule has 0 spiro atoms. The fraction of sp³-hybridized carbons (Fsp3) is 0.269. The van der Waals surface area contributed by atoms with Crippen molar-refractivity contribution in [3.63, 3.8) is 0 Å². The number of carboxylic acid groups (broad SMARTS) is 2. The molecule has 1 heterocycles. The number of hydrogen-bond donors (Lipinski definition) is 4. The number of nitrogens with two attached hydrogens (primary N) is 1. The highest BCUT2D eigenvalue weighted by Crippen LogP contribution is 2.24. The van der Waals surface area contributed by atoms with Gasteiger partial charge in [-0.1, -0.05) is 24.3 Å². The molecule has 0 aliphatic carbocycles. The van der Waals surface area contributed by atoms with E-state index in [1.165, 1.54) is 18.2 Å². The van der Waals surface area contributed by atoms with E-state index in [-0.39, 0.29) is 42.7 Å². The van der Waals surface area contributed by atoms with E-state index in [1.807, 2.05) is 0 Å². The number of carbonyl (C=O) groups excluding carboxylic acids is 1. The number of carbonyl (C=O) groups is 3. The first kappa shape index (κ1) is 27.2. The molecule has 0 fully saturated rings. The first-order valence-corrected chi connectivity index (χ1v) is 11.4. The molecule has 1 atom stereocenters. The lowest BCUT2D eigenvalue weighted by atomic mass is 10.00. The van der Waals surface area contributed by atoms with Gasteiger partial charge in [0.1, 0.15) is 11.5 Å². The second-order valence-electron chi connectivity index (χ2n) is 8.72. The van der Waals surface area contributed by atoms with E-state index in [4.69, 9.17) is 5.73 Å². The molecule has 2 aromatic carbocycles. The minimum absolute atomic E-state index is 0.00548. The molecule has 5 N–H and O–H groups in total. The average Bonchev–Trinajstić information content (AvgIpc) is 2.82. The molecule has 0 saturated carbocycles. The topological polar surface area (TPSA) is 159 Å². The molecule has 3 rings (SSSR count). The standard InChI is InChI=1S/C26H28FN5O5/c1-14-9-18(5-6-20(14)25(36)37)16(3)32(13-23(33)34)12-19-10-22(31-26(28)30-19)24(35)29-11-17-4-7-21(27)15(2)8-17/h4-10,16H,11-13H2,1-3H3,(H,29,35)(H,33,34)(H,36,37)(H2,28,30,31)/t16-/m0/s1. The van der Waals surface area contributed by atoms with E-state index in [9.17, 15) is 29.0 Å². The lowest BCUT2D eigenvalue weighted by Crippen LogP contribution is -2.33. The fourth-order valence-corrected chi connectivity index (χ4v) is 3.91. The number of benzene rings is 2. The molecule has 3 aromatic rings.